The van der Waals surface area contributed by atoms with E-state index >= 15 is 0 Å². The monoisotopic (exact) mass is 286 g/mol. The first-order chi connectivity index (χ1) is 9.30. The molecule has 0 saturated heterocycles. The molecule has 20 heavy (non-hydrogen) atoms. The van der Waals surface area contributed by atoms with E-state index in [2.05, 4.69) is 4.98 Å². The number of alkyl halides is 3. The fourth-order valence-electron chi connectivity index (χ4n) is 2.53. The predicted octanol–water partition coefficient (Wildman–Crippen LogP) is 1.64. The van der Waals surface area contributed by atoms with Gasteiger partial charge in [0.25, 0.3) is 5.88 Å². The largest absolute Gasteiger partial charge is 0.451 e. The first-order valence-corrected chi connectivity index (χ1v) is 5.70. The second kappa shape index (κ2) is 3.87. The lowest BCUT2D eigenvalue weighted by Crippen LogP contribution is -2.18. The van der Waals surface area contributed by atoms with Gasteiger partial charge in [0, 0.05) is 16.7 Å². The van der Waals surface area contributed by atoms with Crippen LogP contribution in [0, 0.1) is 0 Å². The Labute approximate surface area is 111 Å². The van der Waals surface area contributed by atoms with Crippen molar-refractivity contribution in [3.05, 3.63) is 22.4 Å². The molecule has 0 unspecified atom stereocenters. The van der Waals surface area contributed by atoms with Crippen molar-refractivity contribution in [2.24, 2.45) is 5.73 Å². The quantitative estimate of drug-likeness (QED) is 0.851. The van der Waals surface area contributed by atoms with Crippen LogP contribution in [0.3, 0.4) is 0 Å². The Kier molecular flexibility index (Phi) is 2.47. The number of allylic oxidation sites excluding steroid dienone is 1. The van der Waals surface area contributed by atoms with E-state index in [1.165, 1.54) is 0 Å². The van der Waals surface area contributed by atoms with Crippen molar-refractivity contribution in [2.45, 2.75) is 19.5 Å². The number of fused-ring (bicyclic) bond motifs is 3. The molecule has 1 aromatic heterocycles. The van der Waals surface area contributed by atoms with Crippen LogP contribution in [-0.2, 0) is 17.4 Å². The third kappa shape index (κ3) is 1.64. The molecular weight excluding hydrogens is 277 g/mol. The Hall–Kier alpha value is -2.25. The predicted molar refractivity (Wildman–Crippen MR) is 60.9 cm³/mol. The number of nitrogens with zero attached hydrogens (tertiary/aromatic N) is 1. The van der Waals surface area contributed by atoms with Gasteiger partial charge in [-0.25, -0.2) is 4.98 Å². The average molecular weight is 286 g/mol. The zero-order valence-electron chi connectivity index (χ0n) is 10.3. The number of rotatable bonds is 1. The van der Waals surface area contributed by atoms with E-state index in [0.29, 0.717) is 5.57 Å². The van der Waals surface area contributed by atoms with Gasteiger partial charge in [-0.1, -0.05) is 5.57 Å². The number of aromatic nitrogens is 1. The summed E-state index contributed by atoms with van der Waals surface area (Å²) in [5.41, 5.74) is 4.32. The minimum Gasteiger partial charge on any atom is -0.451 e. The van der Waals surface area contributed by atoms with Crippen LogP contribution >= 0.6 is 0 Å². The normalized spacial score (nSPS) is 16.6. The summed E-state index contributed by atoms with van der Waals surface area (Å²) in [7, 11) is 0. The molecule has 5 nitrogen and oxygen atoms in total. The minimum absolute atomic E-state index is 0.141. The van der Waals surface area contributed by atoms with E-state index in [4.69, 9.17) is 15.2 Å². The van der Waals surface area contributed by atoms with Gasteiger partial charge < -0.3 is 15.2 Å². The summed E-state index contributed by atoms with van der Waals surface area (Å²) in [6.45, 7) is 1.36. The van der Waals surface area contributed by atoms with Crippen molar-refractivity contribution in [3.8, 4) is 11.6 Å². The highest BCUT2D eigenvalue weighted by Crippen LogP contribution is 2.48. The number of pyridine rings is 1. The number of amides is 1. The van der Waals surface area contributed by atoms with E-state index in [1.807, 2.05) is 0 Å². The van der Waals surface area contributed by atoms with Crippen molar-refractivity contribution in [3.63, 3.8) is 0 Å². The van der Waals surface area contributed by atoms with Gasteiger partial charge in [0.1, 0.15) is 0 Å². The molecule has 0 bridgehead atoms. The lowest BCUT2D eigenvalue weighted by molar-refractivity contribution is -0.141. The van der Waals surface area contributed by atoms with Gasteiger partial charge in [0.05, 0.1) is 0 Å². The Bertz CT molecular complexity index is 665. The summed E-state index contributed by atoms with van der Waals surface area (Å²) in [5.74, 6) is -0.953. The third-order valence-corrected chi connectivity index (χ3v) is 3.25. The first kappa shape index (κ1) is 12.8. The Morgan fingerprint density at radius 2 is 2.05 bits per heavy atom. The minimum atomic E-state index is -4.71. The number of carbonyl (C=O) groups excluding carboxylic acids is 1. The lowest BCUT2D eigenvalue weighted by Gasteiger charge is -2.14. The molecule has 0 aromatic carbocycles. The molecule has 3 rings (SSSR count). The molecule has 106 valence electrons. The van der Waals surface area contributed by atoms with Crippen LogP contribution in [0.25, 0.3) is 5.57 Å². The second-order valence-corrected chi connectivity index (χ2v) is 4.55. The molecule has 0 atom stereocenters. The van der Waals surface area contributed by atoms with E-state index in [9.17, 15) is 18.0 Å². The van der Waals surface area contributed by atoms with Crippen LogP contribution in [0.5, 0.6) is 11.6 Å². The van der Waals surface area contributed by atoms with Crippen LogP contribution in [0.1, 0.15) is 23.7 Å². The van der Waals surface area contributed by atoms with Gasteiger partial charge in [-0.05, 0) is 13.3 Å². The van der Waals surface area contributed by atoms with Crippen molar-refractivity contribution in [2.75, 3.05) is 6.79 Å². The highest BCUT2D eigenvalue weighted by Gasteiger charge is 2.44. The van der Waals surface area contributed by atoms with Crippen LogP contribution in [-0.4, -0.2) is 17.7 Å². The number of carbonyl (C=O) groups is 1. The van der Waals surface area contributed by atoms with E-state index in [0.717, 1.165) is 0 Å². The van der Waals surface area contributed by atoms with Crippen LogP contribution in [0.2, 0.25) is 0 Å². The fraction of sp³-hybridized carbons (Fsp3) is 0.333. The topological polar surface area (TPSA) is 74.4 Å². The van der Waals surface area contributed by atoms with Gasteiger partial charge >= 0.3 is 6.18 Å². The van der Waals surface area contributed by atoms with Crippen LogP contribution < -0.4 is 15.2 Å². The van der Waals surface area contributed by atoms with Gasteiger partial charge in [-0.3, -0.25) is 4.79 Å². The zero-order chi connectivity index (χ0) is 14.7. The fourth-order valence-corrected chi connectivity index (χ4v) is 2.53. The second-order valence-electron chi connectivity index (χ2n) is 4.55. The van der Waals surface area contributed by atoms with E-state index in [1.54, 1.807) is 6.92 Å². The standard InChI is InChI=1S/C12H9F3N2O3/c1-4-2-5-7(6(4)10(16)18)9(12(13,14)15)17-11-8(5)19-3-20-11/h2-3H2,1H3,(H2,16,18). The molecule has 0 saturated carbocycles. The van der Waals surface area contributed by atoms with Crippen molar-refractivity contribution >= 4 is 11.5 Å². The SMILES string of the molecule is CC1=C(C(N)=O)c2c(C(F)(F)F)nc3c(c2C1)OCO3. The molecule has 0 spiro atoms. The molecule has 2 N–H and O–H groups in total. The van der Waals surface area contributed by atoms with Crippen molar-refractivity contribution in [1.82, 2.24) is 4.98 Å². The number of hydrogen-bond acceptors (Lipinski definition) is 4. The molecular formula is C12H9F3N2O3. The Balaban J connectivity index is 2.34. The molecule has 8 heteroatoms. The Morgan fingerprint density at radius 3 is 2.65 bits per heavy atom. The summed E-state index contributed by atoms with van der Waals surface area (Å²) in [5, 5.41) is 0. The summed E-state index contributed by atoms with van der Waals surface area (Å²) in [6, 6.07) is 0. The maximum atomic E-state index is 13.1. The lowest BCUT2D eigenvalue weighted by atomic mass is 10.0. The van der Waals surface area contributed by atoms with Crippen LogP contribution in [0.15, 0.2) is 5.57 Å². The summed E-state index contributed by atoms with van der Waals surface area (Å²) in [4.78, 5) is 14.9. The summed E-state index contributed by atoms with van der Waals surface area (Å²) >= 11 is 0. The van der Waals surface area contributed by atoms with Crippen molar-refractivity contribution < 1.29 is 27.4 Å². The molecule has 0 radical (unpaired) electrons. The highest BCUT2D eigenvalue weighted by atomic mass is 19.4. The summed E-state index contributed by atoms with van der Waals surface area (Å²) in [6.07, 6.45) is -4.55. The molecule has 1 aliphatic carbocycles. The van der Waals surface area contributed by atoms with E-state index < -0.39 is 17.8 Å². The number of hydrogen-bond donors (Lipinski definition) is 1. The molecule has 1 amide bonds. The molecule has 1 aromatic rings. The van der Waals surface area contributed by atoms with Gasteiger partial charge in [-0.2, -0.15) is 13.2 Å². The zero-order valence-corrected chi connectivity index (χ0v) is 10.3. The average Bonchev–Trinajstić information content (AvgIpc) is 2.88. The molecule has 0 fully saturated rings. The number of halogens is 3. The maximum Gasteiger partial charge on any atom is 0.434 e. The molecule has 1 aliphatic heterocycles. The number of ether oxygens (including phenoxy) is 2. The van der Waals surface area contributed by atoms with Gasteiger partial charge in [0.2, 0.25) is 12.7 Å². The van der Waals surface area contributed by atoms with Crippen LogP contribution in [0.4, 0.5) is 13.2 Å². The number of primary amides is 1. The maximum absolute atomic E-state index is 13.1. The highest BCUT2D eigenvalue weighted by molar-refractivity contribution is 6.21. The molecule has 2 aliphatic rings. The van der Waals surface area contributed by atoms with E-state index in [-0.39, 0.29) is 41.5 Å². The smallest absolute Gasteiger partial charge is 0.434 e. The number of nitrogens with two attached hydrogens (primary N) is 1. The third-order valence-electron chi connectivity index (χ3n) is 3.25. The Morgan fingerprint density at radius 1 is 1.35 bits per heavy atom. The van der Waals surface area contributed by atoms with Gasteiger partial charge in [0.15, 0.2) is 11.4 Å². The molecule has 2 heterocycles. The first-order valence-electron chi connectivity index (χ1n) is 5.70. The van der Waals surface area contributed by atoms with Crippen molar-refractivity contribution in [1.29, 1.82) is 0 Å². The summed E-state index contributed by atoms with van der Waals surface area (Å²) < 4.78 is 49.5. The van der Waals surface area contributed by atoms with Gasteiger partial charge in [-0.15, -0.1) is 0 Å².